The first-order valence-corrected chi connectivity index (χ1v) is 7.65. The standard InChI is InChI=1S/C17H26N2O2.ClH/c1-13-8-14(2)10-15(9-13)11-19-6-4-16(5-7-19)18(3)12-17(20)21;/h8-10,16H,4-7,11-12H2,1-3H3,(H,20,21);1H. The molecule has 1 heterocycles. The molecule has 0 aliphatic carbocycles. The van der Waals surface area contributed by atoms with Crippen molar-refractivity contribution in [3.05, 3.63) is 34.9 Å². The van der Waals surface area contributed by atoms with E-state index in [0.29, 0.717) is 6.04 Å². The minimum Gasteiger partial charge on any atom is -0.480 e. The van der Waals surface area contributed by atoms with Crippen LogP contribution in [0, 0.1) is 13.8 Å². The van der Waals surface area contributed by atoms with E-state index in [1.165, 1.54) is 16.7 Å². The Kier molecular flexibility index (Phi) is 7.33. The number of nitrogens with zero attached hydrogens (tertiary/aromatic N) is 2. The van der Waals surface area contributed by atoms with Crippen molar-refractivity contribution in [3.8, 4) is 0 Å². The third kappa shape index (κ3) is 5.59. The lowest BCUT2D eigenvalue weighted by Gasteiger charge is -2.36. The minimum absolute atomic E-state index is 0. The summed E-state index contributed by atoms with van der Waals surface area (Å²) in [4.78, 5) is 15.2. The number of aryl methyl sites for hydroxylation is 2. The van der Waals surface area contributed by atoms with Gasteiger partial charge < -0.3 is 5.11 Å². The number of hydrogen-bond acceptors (Lipinski definition) is 3. The average molecular weight is 327 g/mol. The molecule has 22 heavy (non-hydrogen) atoms. The van der Waals surface area contributed by atoms with Gasteiger partial charge in [-0.25, -0.2) is 0 Å². The Morgan fingerprint density at radius 1 is 1.23 bits per heavy atom. The number of rotatable bonds is 5. The van der Waals surface area contributed by atoms with Gasteiger partial charge in [-0.3, -0.25) is 14.6 Å². The normalized spacial score (nSPS) is 16.5. The lowest BCUT2D eigenvalue weighted by atomic mass is 10.0. The van der Waals surface area contributed by atoms with Crippen LogP contribution in [0.4, 0.5) is 0 Å². The Morgan fingerprint density at radius 3 is 2.27 bits per heavy atom. The monoisotopic (exact) mass is 326 g/mol. The fourth-order valence-corrected chi connectivity index (χ4v) is 3.28. The molecule has 0 aromatic heterocycles. The van der Waals surface area contributed by atoms with Crippen LogP contribution in [0.15, 0.2) is 18.2 Å². The molecule has 1 N–H and O–H groups in total. The van der Waals surface area contributed by atoms with E-state index in [-0.39, 0.29) is 19.0 Å². The summed E-state index contributed by atoms with van der Waals surface area (Å²) in [7, 11) is 1.92. The SMILES string of the molecule is Cc1cc(C)cc(CN2CCC(N(C)CC(=O)O)CC2)c1.Cl. The van der Waals surface area contributed by atoms with Crippen LogP contribution < -0.4 is 0 Å². The molecule has 0 bridgehead atoms. The number of likely N-dealkylation sites (tertiary alicyclic amines) is 1. The van der Waals surface area contributed by atoms with E-state index in [2.05, 4.69) is 36.9 Å². The van der Waals surface area contributed by atoms with Crippen LogP contribution in [-0.2, 0) is 11.3 Å². The molecule has 0 atom stereocenters. The summed E-state index contributed by atoms with van der Waals surface area (Å²) in [5.41, 5.74) is 4.02. The molecule has 5 heteroatoms. The fraction of sp³-hybridized carbons (Fsp3) is 0.588. The van der Waals surface area contributed by atoms with Gasteiger partial charge >= 0.3 is 5.97 Å². The van der Waals surface area contributed by atoms with Gasteiger partial charge in [-0.2, -0.15) is 0 Å². The van der Waals surface area contributed by atoms with Crippen molar-refractivity contribution < 1.29 is 9.90 Å². The maximum atomic E-state index is 10.8. The van der Waals surface area contributed by atoms with Crippen LogP contribution in [-0.4, -0.2) is 53.6 Å². The van der Waals surface area contributed by atoms with Crippen molar-refractivity contribution in [1.82, 2.24) is 9.80 Å². The van der Waals surface area contributed by atoms with Crippen molar-refractivity contribution in [2.45, 2.75) is 39.3 Å². The molecule has 1 aromatic carbocycles. The van der Waals surface area contributed by atoms with E-state index in [0.717, 1.165) is 32.5 Å². The number of benzene rings is 1. The molecule has 1 saturated heterocycles. The number of carboxylic acid groups (broad SMARTS) is 1. The summed E-state index contributed by atoms with van der Waals surface area (Å²) in [6, 6.07) is 7.12. The number of halogens is 1. The average Bonchev–Trinajstić information content (AvgIpc) is 2.37. The van der Waals surface area contributed by atoms with Gasteiger partial charge in [-0.05, 0) is 52.4 Å². The summed E-state index contributed by atoms with van der Waals surface area (Å²) in [5.74, 6) is -0.741. The summed E-state index contributed by atoms with van der Waals surface area (Å²) in [6.45, 7) is 7.51. The van der Waals surface area contributed by atoms with E-state index in [1.807, 2.05) is 11.9 Å². The lowest BCUT2D eigenvalue weighted by Crippen LogP contribution is -2.44. The number of aliphatic carboxylic acids is 1. The second-order valence-corrected chi connectivity index (χ2v) is 6.31. The molecule has 1 aliphatic heterocycles. The maximum Gasteiger partial charge on any atom is 0.317 e. The number of likely N-dealkylation sites (N-methyl/N-ethyl adjacent to an activating group) is 1. The largest absolute Gasteiger partial charge is 0.480 e. The quantitative estimate of drug-likeness (QED) is 0.903. The molecule has 0 amide bonds. The highest BCUT2D eigenvalue weighted by Crippen LogP contribution is 2.18. The summed E-state index contributed by atoms with van der Waals surface area (Å²) in [5, 5.41) is 8.86. The third-order valence-electron chi connectivity index (χ3n) is 4.25. The zero-order valence-corrected chi connectivity index (χ0v) is 14.5. The predicted octanol–water partition coefficient (Wildman–Crippen LogP) is 2.71. The molecule has 4 nitrogen and oxygen atoms in total. The van der Waals surface area contributed by atoms with Crippen molar-refractivity contribution in [2.75, 3.05) is 26.7 Å². The maximum absolute atomic E-state index is 10.8. The minimum atomic E-state index is -0.741. The van der Waals surface area contributed by atoms with Crippen LogP contribution in [0.2, 0.25) is 0 Å². The topological polar surface area (TPSA) is 43.8 Å². The van der Waals surface area contributed by atoms with Gasteiger partial charge in [0, 0.05) is 12.6 Å². The van der Waals surface area contributed by atoms with Crippen molar-refractivity contribution in [2.24, 2.45) is 0 Å². The molecule has 1 fully saturated rings. The van der Waals surface area contributed by atoms with Gasteiger partial charge in [-0.15, -0.1) is 12.4 Å². The Bertz CT molecular complexity index is 479. The number of carbonyl (C=O) groups is 1. The molecule has 0 radical (unpaired) electrons. The van der Waals surface area contributed by atoms with Crippen LogP contribution in [0.3, 0.4) is 0 Å². The zero-order valence-electron chi connectivity index (χ0n) is 13.7. The third-order valence-corrected chi connectivity index (χ3v) is 4.25. The molecular formula is C17H27ClN2O2. The highest BCUT2D eigenvalue weighted by molar-refractivity contribution is 5.85. The Morgan fingerprint density at radius 2 is 1.77 bits per heavy atom. The number of piperidine rings is 1. The molecule has 0 saturated carbocycles. The van der Waals surface area contributed by atoms with E-state index in [9.17, 15) is 4.79 Å². The Balaban J connectivity index is 0.00000242. The Hall–Kier alpha value is -1.10. The van der Waals surface area contributed by atoms with Gasteiger partial charge in [0.2, 0.25) is 0 Å². The van der Waals surface area contributed by atoms with E-state index >= 15 is 0 Å². The van der Waals surface area contributed by atoms with Crippen LogP contribution >= 0.6 is 12.4 Å². The summed E-state index contributed by atoms with van der Waals surface area (Å²) in [6.07, 6.45) is 2.10. The zero-order chi connectivity index (χ0) is 15.4. The van der Waals surface area contributed by atoms with Gasteiger partial charge in [-0.1, -0.05) is 29.3 Å². The Labute approximate surface area is 139 Å². The molecule has 0 unspecified atom stereocenters. The van der Waals surface area contributed by atoms with Crippen molar-refractivity contribution in [1.29, 1.82) is 0 Å². The predicted molar refractivity (Wildman–Crippen MR) is 91.7 cm³/mol. The van der Waals surface area contributed by atoms with Crippen molar-refractivity contribution >= 4 is 18.4 Å². The van der Waals surface area contributed by atoms with Crippen molar-refractivity contribution in [3.63, 3.8) is 0 Å². The fourth-order valence-electron chi connectivity index (χ4n) is 3.28. The van der Waals surface area contributed by atoms with Gasteiger partial charge in [0.15, 0.2) is 0 Å². The molecular weight excluding hydrogens is 300 g/mol. The molecule has 1 aliphatic rings. The van der Waals surface area contributed by atoms with Crippen LogP contribution in [0.5, 0.6) is 0 Å². The second kappa shape index (κ2) is 8.51. The highest BCUT2D eigenvalue weighted by atomic mass is 35.5. The highest BCUT2D eigenvalue weighted by Gasteiger charge is 2.23. The van der Waals surface area contributed by atoms with E-state index in [1.54, 1.807) is 0 Å². The lowest BCUT2D eigenvalue weighted by molar-refractivity contribution is -0.138. The van der Waals surface area contributed by atoms with Crippen LogP contribution in [0.1, 0.15) is 29.5 Å². The van der Waals surface area contributed by atoms with E-state index in [4.69, 9.17) is 5.11 Å². The first kappa shape index (κ1) is 18.9. The van der Waals surface area contributed by atoms with Gasteiger partial charge in [0.05, 0.1) is 6.54 Å². The number of carboxylic acids is 1. The molecule has 2 rings (SSSR count). The summed E-state index contributed by atoms with van der Waals surface area (Å²) < 4.78 is 0. The van der Waals surface area contributed by atoms with Gasteiger partial charge in [0.25, 0.3) is 0 Å². The van der Waals surface area contributed by atoms with Gasteiger partial charge in [0.1, 0.15) is 0 Å². The molecule has 1 aromatic rings. The molecule has 124 valence electrons. The second-order valence-electron chi connectivity index (χ2n) is 6.31. The molecule has 0 spiro atoms. The van der Waals surface area contributed by atoms with Crippen LogP contribution in [0.25, 0.3) is 0 Å². The van der Waals surface area contributed by atoms with E-state index < -0.39 is 5.97 Å². The first-order valence-electron chi connectivity index (χ1n) is 7.65. The summed E-state index contributed by atoms with van der Waals surface area (Å²) >= 11 is 0. The number of hydrogen-bond donors (Lipinski definition) is 1. The first-order chi connectivity index (χ1) is 9.94. The smallest absolute Gasteiger partial charge is 0.317 e.